The fourth-order valence-corrected chi connectivity index (χ4v) is 1.80. The van der Waals surface area contributed by atoms with E-state index in [1.54, 1.807) is 12.5 Å². The zero-order valence-corrected chi connectivity index (χ0v) is 8.75. The van der Waals surface area contributed by atoms with Crippen molar-refractivity contribution in [1.29, 1.82) is 0 Å². The molecule has 2 aliphatic carbocycles. The van der Waals surface area contributed by atoms with Gasteiger partial charge in [-0.15, -0.1) is 10.6 Å². The smallest absolute Gasteiger partial charge is 0.161 e. The lowest BCUT2D eigenvalue weighted by Gasteiger charge is -2.22. The van der Waals surface area contributed by atoms with E-state index < -0.39 is 0 Å². The summed E-state index contributed by atoms with van der Waals surface area (Å²) in [6, 6.07) is 1.13. The van der Waals surface area contributed by atoms with Gasteiger partial charge >= 0.3 is 0 Å². The molecule has 1 aromatic heterocycles. The van der Waals surface area contributed by atoms with Crippen LogP contribution in [-0.2, 0) is 0 Å². The summed E-state index contributed by atoms with van der Waals surface area (Å²) in [7, 11) is 0. The lowest BCUT2D eigenvalue weighted by Crippen LogP contribution is -2.35. The highest BCUT2D eigenvalue weighted by Crippen LogP contribution is 2.20. The van der Waals surface area contributed by atoms with Crippen LogP contribution in [0, 0.1) is 6.04 Å². The van der Waals surface area contributed by atoms with Crippen molar-refractivity contribution in [1.82, 2.24) is 4.98 Å². The summed E-state index contributed by atoms with van der Waals surface area (Å²) >= 11 is 0. The predicted octanol–water partition coefficient (Wildman–Crippen LogP) is 2.02. The first-order chi connectivity index (χ1) is 7.93. The quantitative estimate of drug-likeness (QED) is 0.508. The molecule has 1 aromatic rings. The van der Waals surface area contributed by atoms with E-state index in [2.05, 4.69) is 53.6 Å². The fourth-order valence-electron chi connectivity index (χ4n) is 1.80. The topological polar surface area (TPSA) is 16.8 Å². The predicted molar refractivity (Wildman–Crippen MR) is 62.3 cm³/mol. The van der Waals surface area contributed by atoms with Gasteiger partial charge in [0.25, 0.3) is 0 Å². The molecule has 0 saturated carbocycles. The minimum absolute atomic E-state index is 1.13. The number of aromatic nitrogens is 2. The van der Waals surface area contributed by atoms with Gasteiger partial charge in [-0.1, -0.05) is 24.3 Å². The standard InChI is InChI=1S/C14H11N2/c1-2-4-12(3-1)13-5-7-14(8-6-13)16-10-9-15-11-16/h1-11H/q-1. The van der Waals surface area contributed by atoms with E-state index in [1.165, 1.54) is 11.1 Å². The van der Waals surface area contributed by atoms with Crippen molar-refractivity contribution < 1.29 is 4.57 Å². The van der Waals surface area contributed by atoms with Crippen LogP contribution in [0.1, 0.15) is 0 Å². The van der Waals surface area contributed by atoms with Gasteiger partial charge in [-0.25, -0.2) is 0 Å². The third-order valence-electron chi connectivity index (χ3n) is 2.67. The van der Waals surface area contributed by atoms with Gasteiger partial charge in [0, 0.05) is 6.20 Å². The molecular formula is C14H11N2-. The number of allylic oxidation sites excluding steroid dienone is 10. The molecule has 0 aromatic carbocycles. The van der Waals surface area contributed by atoms with Crippen LogP contribution in [0.2, 0.25) is 0 Å². The Morgan fingerprint density at radius 2 is 1.69 bits per heavy atom. The van der Waals surface area contributed by atoms with E-state index in [9.17, 15) is 0 Å². The van der Waals surface area contributed by atoms with Crippen LogP contribution in [0.25, 0.3) is 0 Å². The summed E-state index contributed by atoms with van der Waals surface area (Å²) in [5.74, 6) is 0. The van der Waals surface area contributed by atoms with Crippen LogP contribution in [0.3, 0.4) is 0 Å². The molecule has 0 bridgehead atoms. The largest absolute Gasteiger partial charge is 0.393 e. The highest BCUT2D eigenvalue weighted by Gasteiger charge is 2.00. The maximum absolute atomic E-state index is 4.03. The third-order valence-corrected chi connectivity index (χ3v) is 2.67. The molecule has 2 heteroatoms. The van der Waals surface area contributed by atoms with Crippen LogP contribution in [0.5, 0.6) is 0 Å². The van der Waals surface area contributed by atoms with Crippen molar-refractivity contribution in [2.75, 3.05) is 0 Å². The van der Waals surface area contributed by atoms with Gasteiger partial charge in [0.1, 0.15) is 0 Å². The molecule has 0 saturated heterocycles. The Morgan fingerprint density at radius 3 is 2.31 bits per heavy atom. The summed E-state index contributed by atoms with van der Waals surface area (Å²) < 4.78 is 1.99. The first-order valence-electron chi connectivity index (χ1n) is 5.24. The second-order valence-corrected chi connectivity index (χ2v) is 3.69. The SMILES string of the molecule is C1=CC(=C2C=C[C-]([n+]3cnc[cH-]3)C=C2)C=C1. The first kappa shape index (κ1) is 9.04. The molecule has 0 N–H and O–H groups in total. The van der Waals surface area contributed by atoms with Crippen LogP contribution in [-0.4, -0.2) is 4.98 Å². The van der Waals surface area contributed by atoms with Gasteiger partial charge in [0.2, 0.25) is 0 Å². The number of imidazole rings is 1. The van der Waals surface area contributed by atoms with Crippen LogP contribution in [0.4, 0.5) is 0 Å². The second-order valence-electron chi connectivity index (χ2n) is 3.69. The van der Waals surface area contributed by atoms with Gasteiger partial charge in [0.15, 0.2) is 6.33 Å². The van der Waals surface area contributed by atoms with Crippen LogP contribution in [0.15, 0.2) is 78.5 Å². The molecule has 0 radical (unpaired) electrons. The van der Waals surface area contributed by atoms with Crippen LogP contribution >= 0.6 is 0 Å². The minimum Gasteiger partial charge on any atom is -0.393 e. The molecule has 1 heterocycles. The van der Waals surface area contributed by atoms with Gasteiger partial charge in [-0.3, -0.25) is 0 Å². The van der Waals surface area contributed by atoms with Gasteiger partial charge < -0.3 is 4.57 Å². The van der Waals surface area contributed by atoms with E-state index in [0.29, 0.717) is 0 Å². The Morgan fingerprint density at radius 1 is 1.00 bits per heavy atom. The van der Waals surface area contributed by atoms with E-state index in [0.717, 1.165) is 6.04 Å². The third kappa shape index (κ3) is 1.54. The Bertz CT molecular complexity index is 495. The summed E-state index contributed by atoms with van der Waals surface area (Å²) in [5.41, 5.74) is 2.51. The summed E-state index contributed by atoms with van der Waals surface area (Å²) in [4.78, 5) is 4.03. The molecule has 0 unspecified atom stereocenters. The maximum Gasteiger partial charge on any atom is 0.161 e. The lowest BCUT2D eigenvalue weighted by molar-refractivity contribution is -0.643. The number of hydrogen-bond donors (Lipinski definition) is 0. The molecular weight excluding hydrogens is 196 g/mol. The number of hydrogen-bond acceptors (Lipinski definition) is 1. The molecule has 0 fully saturated rings. The molecule has 16 heavy (non-hydrogen) atoms. The highest BCUT2D eigenvalue weighted by molar-refractivity contribution is 5.53. The average molecular weight is 207 g/mol. The van der Waals surface area contributed by atoms with E-state index >= 15 is 0 Å². The highest BCUT2D eigenvalue weighted by atomic mass is 15.0. The van der Waals surface area contributed by atoms with Gasteiger partial charge in [0.05, 0.1) is 6.20 Å². The molecule has 0 spiro atoms. The van der Waals surface area contributed by atoms with Crippen molar-refractivity contribution in [3.8, 4) is 0 Å². The maximum atomic E-state index is 4.03. The Balaban J connectivity index is 1.87. The zero-order valence-electron chi connectivity index (χ0n) is 8.75. The summed E-state index contributed by atoms with van der Waals surface area (Å²) in [5, 5.41) is 0. The van der Waals surface area contributed by atoms with Gasteiger partial charge in [-0.05, 0) is 11.6 Å². The summed E-state index contributed by atoms with van der Waals surface area (Å²) in [6.45, 7) is 0. The molecule has 2 aliphatic rings. The van der Waals surface area contributed by atoms with E-state index in [1.807, 2.05) is 10.8 Å². The zero-order chi connectivity index (χ0) is 10.8. The summed E-state index contributed by atoms with van der Waals surface area (Å²) in [6.07, 6.45) is 22.3. The molecule has 0 aliphatic heterocycles. The molecule has 0 amide bonds. The molecule has 78 valence electrons. The van der Waals surface area contributed by atoms with Crippen molar-refractivity contribution in [3.63, 3.8) is 0 Å². The second kappa shape index (κ2) is 3.74. The molecule has 2 nitrogen and oxygen atoms in total. The van der Waals surface area contributed by atoms with Crippen molar-refractivity contribution in [2.24, 2.45) is 0 Å². The molecule has 0 atom stereocenters. The van der Waals surface area contributed by atoms with E-state index in [-0.39, 0.29) is 0 Å². The number of nitrogens with zero attached hydrogens (tertiary/aromatic N) is 2. The average Bonchev–Trinajstić information content (AvgIpc) is 3.03. The Labute approximate surface area is 94.6 Å². The van der Waals surface area contributed by atoms with Crippen LogP contribution < -0.4 is 4.57 Å². The fraction of sp³-hybridized carbons (Fsp3) is 0. The van der Waals surface area contributed by atoms with Crippen molar-refractivity contribution >= 4 is 0 Å². The Kier molecular flexibility index (Phi) is 2.11. The monoisotopic (exact) mass is 207 g/mol. The molecule has 3 rings (SSSR count). The minimum atomic E-state index is 1.13. The van der Waals surface area contributed by atoms with Crippen molar-refractivity contribution in [3.05, 3.63) is 84.5 Å². The van der Waals surface area contributed by atoms with Crippen molar-refractivity contribution in [2.45, 2.75) is 0 Å². The normalized spacial score (nSPS) is 17.9. The Hall–Kier alpha value is -2.22. The lowest BCUT2D eigenvalue weighted by atomic mass is 10.0. The first-order valence-corrected chi connectivity index (χ1v) is 5.24. The van der Waals surface area contributed by atoms with E-state index in [4.69, 9.17) is 0 Å². The van der Waals surface area contributed by atoms with Gasteiger partial charge in [-0.2, -0.15) is 24.3 Å². The number of rotatable bonds is 1.